The summed E-state index contributed by atoms with van der Waals surface area (Å²) in [5.74, 6) is -2.73. The summed E-state index contributed by atoms with van der Waals surface area (Å²) >= 11 is 0. The standard InChI is InChI=1S/C15H24F2N4O2/c1-3-11-12(14(22)23-4-2)13(18)21(19-11)10-9-20-7-5-15(16,17)6-8-20/h3-10,18H2,1-2H3. The van der Waals surface area contributed by atoms with Crippen LogP contribution in [0.1, 0.15) is 42.7 Å². The van der Waals surface area contributed by atoms with Crippen molar-refractivity contribution in [1.82, 2.24) is 14.7 Å². The summed E-state index contributed by atoms with van der Waals surface area (Å²) in [6.45, 7) is 5.66. The summed E-state index contributed by atoms with van der Waals surface area (Å²) in [7, 11) is 0. The highest BCUT2D eigenvalue weighted by Gasteiger charge is 2.33. The third kappa shape index (κ3) is 4.19. The van der Waals surface area contributed by atoms with E-state index in [1.165, 1.54) is 0 Å². The second-order valence-corrected chi connectivity index (χ2v) is 5.70. The van der Waals surface area contributed by atoms with E-state index in [0.29, 0.717) is 43.9 Å². The van der Waals surface area contributed by atoms with Gasteiger partial charge < -0.3 is 15.4 Å². The van der Waals surface area contributed by atoms with Crippen molar-refractivity contribution in [3.05, 3.63) is 11.3 Å². The molecule has 2 heterocycles. The van der Waals surface area contributed by atoms with Gasteiger partial charge in [0, 0.05) is 32.5 Å². The molecule has 1 aromatic rings. The molecule has 0 amide bonds. The largest absolute Gasteiger partial charge is 0.462 e. The Morgan fingerprint density at radius 3 is 2.52 bits per heavy atom. The fraction of sp³-hybridized carbons (Fsp3) is 0.733. The maximum atomic E-state index is 13.2. The van der Waals surface area contributed by atoms with Crippen molar-refractivity contribution in [2.24, 2.45) is 0 Å². The van der Waals surface area contributed by atoms with Crippen molar-refractivity contribution in [3.63, 3.8) is 0 Å². The molecular weight excluding hydrogens is 306 g/mol. The molecule has 0 aliphatic carbocycles. The highest BCUT2D eigenvalue weighted by Crippen LogP contribution is 2.27. The Labute approximate surface area is 134 Å². The normalized spacial score (nSPS) is 18.1. The number of rotatable bonds is 6. The average molecular weight is 330 g/mol. The Hall–Kier alpha value is -1.70. The predicted octanol–water partition coefficient (Wildman–Crippen LogP) is 1.94. The molecule has 1 fully saturated rings. The third-order valence-corrected chi connectivity index (χ3v) is 4.09. The summed E-state index contributed by atoms with van der Waals surface area (Å²) in [5, 5.41) is 4.36. The van der Waals surface area contributed by atoms with Gasteiger partial charge in [0.2, 0.25) is 0 Å². The van der Waals surface area contributed by atoms with E-state index in [1.807, 2.05) is 11.8 Å². The number of nitrogen functional groups attached to an aromatic ring is 1. The zero-order valence-electron chi connectivity index (χ0n) is 13.6. The second-order valence-electron chi connectivity index (χ2n) is 5.70. The maximum Gasteiger partial charge on any atom is 0.343 e. The molecule has 0 bridgehead atoms. The van der Waals surface area contributed by atoms with Crippen LogP contribution in [0.5, 0.6) is 0 Å². The molecule has 0 unspecified atom stereocenters. The summed E-state index contributed by atoms with van der Waals surface area (Å²) in [6, 6.07) is 0. The molecule has 1 aromatic heterocycles. The number of nitrogens with zero attached hydrogens (tertiary/aromatic N) is 3. The van der Waals surface area contributed by atoms with E-state index in [1.54, 1.807) is 11.6 Å². The Morgan fingerprint density at radius 1 is 1.30 bits per heavy atom. The zero-order chi connectivity index (χ0) is 17.0. The van der Waals surface area contributed by atoms with E-state index in [-0.39, 0.29) is 25.3 Å². The number of carbonyl (C=O) groups excluding carboxylic acids is 1. The van der Waals surface area contributed by atoms with Crippen molar-refractivity contribution in [2.75, 3.05) is 32.0 Å². The number of hydrogen-bond acceptors (Lipinski definition) is 5. The first-order chi connectivity index (χ1) is 10.9. The second kappa shape index (κ2) is 7.25. The number of likely N-dealkylation sites (tertiary alicyclic amines) is 1. The smallest absolute Gasteiger partial charge is 0.343 e. The summed E-state index contributed by atoms with van der Waals surface area (Å²) < 4.78 is 32.9. The first-order valence-corrected chi connectivity index (χ1v) is 8.00. The van der Waals surface area contributed by atoms with Crippen molar-refractivity contribution in [3.8, 4) is 0 Å². The maximum absolute atomic E-state index is 13.2. The minimum Gasteiger partial charge on any atom is -0.462 e. The molecule has 0 radical (unpaired) electrons. The van der Waals surface area contributed by atoms with E-state index in [2.05, 4.69) is 5.10 Å². The minimum absolute atomic E-state index is 0.115. The monoisotopic (exact) mass is 330 g/mol. The topological polar surface area (TPSA) is 73.4 Å². The highest BCUT2D eigenvalue weighted by molar-refractivity contribution is 5.95. The lowest BCUT2D eigenvalue weighted by Gasteiger charge is -2.31. The van der Waals surface area contributed by atoms with E-state index >= 15 is 0 Å². The van der Waals surface area contributed by atoms with Crippen LogP contribution >= 0.6 is 0 Å². The number of piperidine rings is 1. The number of nitrogens with two attached hydrogens (primary N) is 1. The Bertz CT molecular complexity index is 550. The Kier molecular flexibility index (Phi) is 5.56. The Balaban J connectivity index is 2.02. The molecule has 2 rings (SSSR count). The van der Waals surface area contributed by atoms with Crippen LogP contribution in [0.4, 0.5) is 14.6 Å². The van der Waals surface area contributed by atoms with E-state index in [0.717, 1.165) is 0 Å². The number of ether oxygens (including phenoxy) is 1. The quantitative estimate of drug-likeness (QED) is 0.807. The van der Waals surface area contributed by atoms with Gasteiger partial charge in [-0.3, -0.25) is 0 Å². The first-order valence-electron chi connectivity index (χ1n) is 8.00. The molecule has 23 heavy (non-hydrogen) atoms. The molecule has 130 valence electrons. The molecule has 1 aliphatic rings. The summed E-state index contributed by atoms with van der Waals surface area (Å²) in [5.41, 5.74) is 6.95. The van der Waals surface area contributed by atoms with E-state index in [9.17, 15) is 13.6 Å². The van der Waals surface area contributed by atoms with Crippen LogP contribution in [0.3, 0.4) is 0 Å². The molecule has 0 spiro atoms. The van der Waals surface area contributed by atoms with Gasteiger partial charge in [-0.05, 0) is 13.3 Å². The van der Waals surface area contributed by atoms with Crippen LogP contribution < -0.4 is 5.73 Å². The molecule has 1 aliphatic heterocycles. The zero-order valence-corrected chi connectivity index (χ0v) is 13.6. The van der Waals surface area contributed by atoms with Crippen LogP contribution in [0, 0.1) is 0 Å². The highest BCUT2D eigenvalue weighted by atomic mass is 19.3. The van der Waals surface area contributed by atoms with Gasteiger partial charge in [-0.1, -0.05) is 6.92 Å². The van der Waals surface area contributed by atoms with Crippen LogP contribution in [0.2, 0.25) is 0 Å². The lowest BCUT2D eigenvalue weighted by Crippen LogP contribution is -2.40. The van der Waals surface area contributed by atoms with Gasteiger partial charge in [0.25, 0.3) is 5.92 Å². The van der Waals surface area contributed by atoms with Gasteiger partial charge in [0.05, 0.1) is 18.8 Å². The van der Waals surface area contributed by atoms with Crippen LogP contribution in [-0.4, -0.2) is 52.8 Å². The number of anilines is 1. The fourth-order valence-electron chi connectivity index (χ4n) is 2.71. The molecule has 0 atom stereocenters. The van der Waals surface area contributed by atoms with Crippen molar-refractivity contribution < 1.29 is 18.3 Å². The average Bonchev–Trinajstić information content (AvgIpc) is 2.82. The molecule has 6 nitrogen and oxygen atoms in total. The van der Waals surface area contributed by atoms with Gasteiger partial charge in [-0.25, -0.2) is 18.3 Å². The number of aromatic nitrogens is 2. The SMILES string of the molecule is CCOC(=O)c1c(CC)nn(CCN2CCC(F)(F)CC2)c1N. The fourth-order valence-corrected chi connectivity index (χ4v) is 2.71. The number of aryl methyl sites for hydroxylation is 1. The number of alkyl halides is 2. The van der Waals surface area contributed by atoms with Crippen LogP contribution in [0.25, 0.3) is 0 Å². The minimum atomic E-state index is -2.55. The number of halogens is 2. The molecular formula is C15H24F2N4O2. The first kappa shape index (κ1) is 17.7. The van der Waals surface area contributed by atoms with Gasteiger partial charge in [0.15, 0.2) is 0 Å². The number of esters is 1. The lowest BCUT2D eigenvalue weighted by atomic mass is 10.1. The molecule has 0 aromatic carbocycles. The van der Waals surface area contributed by atoms with E-state index in [4.69, 9.17) is 10.5 Å². The molecule has 1 saturated heterocycles. The van der Waals surface area contributed by atoms with Crippen molar-refractivity contribution in [2.45, 2.75) is 45.6 Å². The van der Waals surface area contributed by atoms with Crippen molar-refractivity contribution >= 4 is 11.8 Å². The van der Waals surface area contributed by atoms with Gasteiger partial charge in [-0.15, -0.1) is 0 Å². The van der Waals surface area contributed by atoms with Gasteiger partial charge in [-0.2, -0.15) is 5.10 Å². The molecule has 0 saturated carbocycles. The van der Waals surface area contributed by atoms with Crippen LogP contribution in [-0.2, 0) is 17.7 Å². The number of hydrogen-bond donors (Lipinski definition) is 1. The summed E-state index contributed by atoms with van der Waals surface area (Å²) in [6.07, 6.45) is 0.340. The predicted molar refractivity (Wildman–Crippen MR) is 82.6 cm³/mol. The summed E-state index contributed by atoms with van der Waals surface area (Å²) in [4.78, 5) is 14.0. The Morgan fingerprint density at radius 2 is 1.96 bits per heavy atom. The van der Waals surface area contributed by atoms with Gasteiger partial charge >= 0.3 is 5.97 Å². The lowest BCUT2D eigenvalue weighted by molar-refractivity contribution is -0.0555. The third-order valence-electron chi connectivity index (χ3n) is 4.09. The molecule has 8 heteroatoms. The number of carbonyl (C=O) groups is 1. The molecule has 2 N–H and O–H groups in total. The van der Waals surface area contributed by atoms with Gasteiger partial charge in [0.1, 0.15) is 11.4 Å². The van der Waals surface area contributed by atoms with Crippen LogP contribution in [0.15, 0.2) is 0 Å². The van der Waals surface area contributed by atoms with Crippen molar-refractivity contribution in [1.29, 1.82) is 0 Å². The van der Waals surface area contributed by atoms with E-state index < -0.39 is 11.9 Å².